The molecule has 0 aliphatic rings. The summed E-state index contributed by atoms with van der Waals surface area (Å²) >= 11 is 7.10. The standard InChI is InChI=1S/C14H7ClN2OS/c15-13-4-3-12(19-13)14(18)10-7-17-11-2-1-8(6-16)5-9(10)11/h1-5,7,17H. The van der Waals surface area contributed by atoms with Gasteiger partial charge in [0.15, 0.2) is 0 Å². The van der Waals surface area contributed by atoms with E-state index < -0.39 is 0 Å². The Labute approximate surface area is 118 Å². The van der Waals surface area contributed by atoms with E-state index >= 15 is 0 Å². The molecule has 3 nitrogen and oxygen atoms in total. The third kappa shape index (κ3) is 2.03. The second kappa shape index (κ2) is 4.54. The second-order valence-corrected chi connectivity index (χ2v) is 5.72. The highest BCUT2D eigenvalue weighted by Gasteiger charge is 2.16. The smallest absolute Gasteiger partial charge is 0.205 e. The normalized spacial score (nSPS) is 10.5. The molecule has 0 radical (unpaired) electrons. The Morgan fingerprint density at radius 2 is 2.16 bits per heavy atom. The van der Waals surface area contributed by atoms with Gasteiger partial charge in [-0.05, 0) is 30.3 Å². The Hall–Kier alpha value is -2.09. The molecule has 0 spiro atoms. The number of thiophene rings is 1. The number of aromatic nitrogens is 1. The molecule has 1 aromatic carbocycles. The van der Waals surface area contributed by atoms with Crippen molar-refractivity contribution in [3.05, 3.63) is 56.9 Å². The maximum absolute atomic E-state index is 12.4. The van der Waals surface area contributed by atoms with Crippen LogP contribution >= 0.6 is 22.9 Å². The molecule has 0 aliphatic carbocycles. The van der Waals surface area contributed by atoms with Crippen LogP contribution in [-0.2, 0) is 0 Å². The number of nitrogens with zero attached hydrogens (tertiary/aromatic N) is 1. The van der Waals surface area contributed by atoms with Gasteiger partial charge in [0.05, 0.1) is 20.8 Å². The van der Waals surface area contributed by atoms with E-state index in [0.29, 0.717) is 20.3 Å². The molecule has 2 heterocycles. The van der Waals surface area contributed by atoms with Gasteiger partial charge in [0.25, 0.3) is 0 Å². The van der Waals surface area contributed by atoms with Gasteiger partial charge in [0, 0.05) is 22.7 Å². The number of ketones is 1. The number of fused-ring (bicyclic) bond motifs is 1. The van der Waals surface area contributed by atoms with Crippen LogP contribution in [0.25, 0.3) is 10.9 Å². The monoisotopic (exact) mass is 286 g/mol. The van der Waals surface area contributed by atoms with Crippen LogP contribution in [0.4, 0.5) is 0 Å². The minimum Gasteiger partial charge on any atom is -0.360 e. The number of hydrogen-bond acceptors (Lipinski definition) is 3. The molecule has 0 bridgehead atoms. The van der Waals surface area contributed by atoms with Crippen molar-refractivity contribution >= 4 is 39.6 Å². The Morgan fingerprint density at radius 1 is 1.32 bits per heavy atom. The summed E-state index contributed by atoms with van der Waals surface area (Å²) in [6.45, 7) is 0. The highest BCUT2D eigenvalue weighted by atomic mass is 35.5. The fourth-order valence-electron chi connectivity index (χ4n) is 1.95. The average Bonchev–Trinajstić information content (AvgIpc) is 3.03. The number of benzene rings is 1. The zero-order chi connectivity index (χ0) is 13.4. The first-order valence-electron chi connectivity index (χ1n) is 5.50. The molecule has 5 heteroatoms. The van der Waals surface area contributed by atoms with E-state index in [9.17, 15) is 4.79 Å². The summed E-state index contributed by atoms with van der Waals surface area (Å²) in [7, 11) is 0. The van der Waals surface area contributed by atoms with E-state index in [-0.39, 0.29) is 5.78 Å². The third-order valence-electron chi connectivity index (χ3n) is 2.85. The van der Waals surface area contributed by atoms with Crippen LogP contribution in [0, 0.1) is 11.3 Å². The first kappa shape index (κ1) is 12.0. The van der Waals surface area contributed by atoms with Gasteiger partial charge in [-0.15, -0.1) is 11.3 Å². The van der Waals surface area contributed by atoms with E-state index in [2.05, 4.69) is 11.1 Å². The maximum Gasteiger partial charge on any atom is 0.205 e. The van der Waals surface area contributed by atoms with Gasteiger partial charge in [-0.3, -0.25) is 4.79 Å². The van der Waals surface area contributed by atoms with Crippen molar-refractivity contribution in [2.45, 2.75) is 0 Å². The van der Waals surface area contributed by atoms with E-state index in [1.807, 2.05) is 0 Å². The number of carbonyl (C=O) groups excluding carboxylic acids is 1. The largest absolute Gasteiger partial charge is 0.360 e. The maximum atomic E-state index is 12.4. The van der Waals surface area contributed by atoms with Crippen molar-refractivity contribution < 1.29 is 4.79 Å². The van der Waals surface area contributed by atoms with Gasteiger partial charge in [0.2, 0.25) is 5.78 Å². The summed E-state index contributed by atoms with van der Waals surface area (Å²) in [4.78, 5) is 16.0. The minimum atomic E-state index is -0.0850. The van der Waals surface area contributed by atoms with Gasteiger partial charge in [-0.2, -0.15) is 5.26 Å². The van der Waals surface area contributed by atoms with E-state index in [4.69, 9.17) is 16.9 Å². The van der Waals surface area contributed by atoms with Crippen LogP contribution in [0.2, 0.25) is 4.34 Å². The third-order valence-corrected chi connectivity index (χ3v) is 4.08. The van der Waals surface area contributed by atoms with E-state index in [1.54, 1.807) is 36.5 Å². The number of aromatic amines is 1. The molecule has 0 aliphatic heterocycles. The second-order valence-electron chi connectivity index (χ2n) is 4.01. The number of hydrogen-bond donors (Lipinski definition) is 1. The van der Waals surface area contributed by atoms with Crippen LogP contribution in [0.3, 0.4) is 0 Å². The number of nitrogens with one attached hydrogen (secondary N) is 1. The first-order chi connectivity index (χ1) is 9.19. The zero-order valence-corrected chi connectivity index (χ0v) is 11.2. The average molecular weight is 287 g/mol. The number of H-pyrrole nitrogens is 1. The Balaban J connectivity index is 2.15. The van der Waals surface area contributed by atoms with Crippen molar-refractivity contribution in [2.24, 2.45) is 0 Å². The predicted molar refractivity (Wildman–Crippen MR) is 75.8 cm³/mol. The van der Waals surface area contributed by atoms with Crippen molar-refractivity contribution in [1.82, 2.24) is 4.98 Å². The lowest BCUT2D eigenvalue weighted by molar-refractivity contribution is 0.104. The predicted octanol–water partition coefficient (Wildman–Crippen LogP) is 3.99. The topological polar surface area (TPSA) is 56.6 Å². The van der Waals surface area contributed by atoms with Crippen LogP contribution in [0.15, 0.2) is 36.5 Å². The van der Waals surface area contributed by atoms with Crippen molar-refractivity contribution in [1.29, 1.82) is 5.26 Å². The van der Waals surface area contributed by atoms with Crippen LogP contribution in [0.5, 0.6) is 0 Å². The fourth-order valence-corrected chi connectivity index (χ4v) is 2.94. The zero-order valence-electron chi connectivity index (χ0n) is 9.61. The van der Waals surface area contributed by atoms with Gasteiger partial charge >= 0.3 is 0 Å². The molecule has 3 aromatic rings. The summed E-state index contributed by atoms with van der Waals surface area (Å²) in [5.74, 6) is -0.0850. The summed E-state index contributed by atoms with van der Waals surface area (Å²) in [5.41, 5.74) is 1.93. The molecular weight excluding hydrogens is 280 g/mol. The molecule has 0 atom stereocenters. The van der Waals surface area contributed by atoms with Crippen molar-refractivity contribution in [3.63, 3.8) is 0 Å². The van der Waals surface area contributed by atoms with Gasteiger partial charge in [-0.1, -0.05) is 11.6 Å². The number of carbonyl (C=O) groups is 1. The molecule has 1 N–H and O–H groups in total. The van der Waals surface area contributed by atoms with Gasteiger partial charge in [-0.25, -0.2) is 0 Å². The van der Waals surface area contributed by atoms with Crippen LogP contribution < -0.4 is 0 Å². The van der Waals surface area contributed by atoms with Gasteiger partial charge in [0.1, 0.15) is 0 Å². The fraction of sp³-hybridized carbons (Fsp3) is 0. The molecular formula is C14H7ClN2OS. The molecule has 3 rings (SSSR count). The quantitative estimate of drug-likeness (QED) is 0.724. The van der Waals surface area contributed by atoms with Gasteiger partial charge < -0.3 is 4.98 Å². The Morgan fingerprint density at radius 3 is 2.84 bits per heavy atom. The lowest BCUT2D eigenvalue weighted by Crippen LogP contribution is -1.96. The first-order valence-corrected chi connectivity index (χ1v) is 6.70. The molecule has 0 saturated heterocycles. The van der Waals surface area contributed by atoms with E-state index in [0.717, 1.165) is 10.9 Å². The van der Waals surface area contributed by atoms with Crippen LogP contribution in [-0.4, -0.2) is 10.8 Å². The lowest BCUT2D eigenvalue weighted by atomic mass is 10.1. The summed E-state index contributed by atoms with van der Waals surface area (Å²) in [6, 6.07) is 10.7. The summed E-state index contributed by atoms with van der Waals surface area (Å²) in [5, 5.41) is 9.68. The Kier molecular flexibility index (Phi) is 2.86. The molecule has 2 aromatic heterocycles. The SMILES string of the molecule is N#Cc1ccc2[nH]cc(C(=O)c3ccc(Cl)s3)c2c1. The lowest BCUT2D eigenvalue weighted by Gasteiger charge is -1.96. The summed E-state index contributed by atoms with van der Waals surface area (Å²) in [6.07, 6.45) is 1.67. The Bertz CT molecular complexity index is 825. The molecule has 0 amide bonds. The van der Waals surface area contributed by atoms with E-state index in [1.165, 1.54) is 11.3 Å². The number of nitriles is 1. The minimum absolute atomic E-state index is 0.0850. The molecule has 0 saturated carbocycles. The summed E-state index contributed by atoms with van der Waals surface area (Å²) < 4.78 is 0.584. The number of halogens is 1. The van der Waals surface area contributed by atoms with Crippen molar-refractivity contribution in [3.8, 4) is 6.07 Å². The highest BCUT2D eigenvalue weighted by molar-refractivity contribution is 7.18. The molecule has 92 valence electrons. The highest BCUT2D eigenvalue weighted by Crippen LogP contribution is 2.27. The van der Waals surface area contributed by atoms with Crippen molar-refractivity contribution in [2.75, 3.05) is 0 Å². The van der Waals surface area contributed by atoms with Crippen LogP contribution in [0.1, 0.15) is 20.8 Å². The molecule has 0 unspecified atom stereocenters. The molecule has 0 fully saturated rings. The molecule has 19 heavy (non-hydrogen) atoms. The number of rotatable bonds is 2.